The van der Waals surface area contributed by atoms with E-state index in [9.17, 15) is 39.9 Å². The molecule has 0 aromatic rings. The van der Waals surface area contributed by atoms with Crippen molar-refractivity contribution in [3.8, 4) is 0 Å². The lowest BCUT2D eigenvalue weighted by atomic mass is 9.99. The zero-order valence-electron chi connectivity index (χ0n) is 9.50. The molecule has 0 heterocycles. The summed E-state index contributed by atoms with van der Waals surface area (Å²) in [6.45, 7) is 0.0604. The molecule has 0 aromatic carbocycles. The van der Waals surface area contributed by atoms with Crippen molar-refractivity contribution in [1.82, 2.24) is 0 Å². The van der Waals surface area contributed by atoms with Gasteiger partial charge in [0.05, 0.1) is 19.3 Å². The van der Waals surface area contributed by atoms with Crippen LogP contribution in [0, 0.1) is 0 Å². The van der Waals surface area contributed by atoms with Crippen molar-refractivity contribution in [2.24, 2.45) is 0 Å². The minimum atomic E-state index is -4.92. The van der Waals surface area contributed by atoms with Crippen LogP contribution < -0.4 is 0 Å². The second-order valence-electron chi connectivity index (χ2n) is 4.32. The molecule has 10 heteroatoms. The molecule has 0 saturated carbocycles. The smallest absolute Gasteiger partial charge is 0.374 e. The largest absolute Gasteiger partial charge is 0.477 e. The number of aliphatic carboxylic acids is 1. The minimum absolute atomic E-state index is 0.0604. The first kappa shape index (κ1) is 17.9. The number of hydrogen-bond donors (Lipinski definition) is 1. The van der Waals surface area contributed by atoms with Crippen LogP contribution in [0.2, 0.25) is 0 Å². The van der Waals surface area contributed by atoms with E-state index in [4.69, 9.17) is 5.11 Å². The maximum atomic E-state index is 12.9. The highest BCUT2D eigenvalue weighted by Crippen LogP contribution is 2.42. The van der Waals surface area contributed by atoms with Gasteiger partial charge in [0.2, 0.25) is 0 Å². The molecule has 1 N–H and O–H groups in total. The Morgan fingerprint density at radius 2 is 1.21 bits per heavy atom. The Morgan fingerprint density at radius 1 is 0.842 bits per heavy atom. The number of rotatable bonds is 7. The van der Waals surface area contributed by atoms with Crippen LogP contribution in [0.15, 0.2) is 0 Å². The molecule has 0 aliphatic carbocycles. The first-order chi connectivity index (χ1) is 8.06. The SMILES string of the molecule is CC(F)(F)CC(F)(F)CC(F)(F)CC(F)(F)C(=O)O. The molecule has 0 aliphatic rings. The highest BCUT2D eigenvalue weighted by Gasteiger charge is 2.54. The van der Waals surface area contributed by atoms with Gasteiger partial charge in [0, 0.05) is 0 Å². The summed E-state index contributed by atoms with van der Waals surface area (Å²) in [6.07, 6.45) is -7.50. The lowest BCUT2D eigenvalue weighted by Crippen LogP contribution is -2.40. The van der Waals surface area contributed by atoms with Gasteiger partial charge >= 0.3 is 11.9 Å². The molecule has 0 saturated heterocycles. The van der Waals surface area contributed by atoms with Crippen LogP contribution in [-0.2, 0) is 4.79 Å². The van der Waals surface area contributed by atoms with Crippen molar-refractivity contribution < 1.29 is 45.0 Å². The van der Waals surface area contributed by atoms with Crippen LogP contribution in [-0.4, -0.2) is 34.8 Å². The molecule has 0 atom stereocenters. The second kappa shape index (κ2) is 5.12. The third kappa shape index (κ3) is 7.16. The lowest BCUT2D eigenvalue weighted by molar-refractivity contribution is -0.194. The van der Waals surface area contributed by atoms with E-state index in [0.29, 0.717) is 0 Å². The number of carboxylic acids is 1. The van der Waals surface area contributed by atoms with Gasteiger partial charge in [-0.05, 0) is 6.92 Å². The fourth-order valence-electron chi connectivity index (χ4n) is 1.36. The van der Waals surface area contributed by atoms with Gasteiger partial charge in [-0.25, -0.2) is 31.1 Å². The lowest BCUT2D eigenvalue weighted by Gasteiger charge is -2.26. The number of halogens is 8. The molecule has 0 spiro atoms. The monoisotopic (exact) mass is 302 g/mol. The van der Waals surface area contributed by atoms with E-state index in [2.05, 4.69) is 0 Å². The first-order valence-corrected chi connectivity index (χ1v) is 4.81. The van der Waals surface area contributed by atoms with Crippen LogP contribution in [0.1, 0.15) is 26.2 Å². The topological polar surface area (TPSA) is 37.3 Å². The van der Waals surface area contributed by atoms with E-state index < -0.39 is 48.9 Å². The third-order valence-corrected chi connectivity index (χ3v) is 1.88. The standard InChI is InChI=1S/C9H10F8O2/c1-6(10,11)2-7(12,13)3-8(14,15)4-9(16,17)5(18)19/h2-4H2,1H3,(H,18,19). The molecule has 0 radical (unpaired) electrons. The Bertz CT molecular complexity index is 334. The van der Waals surface area contributed by atoms with Crippen LogP contribution in [0.4, 0.5) is 35.1 Å². The Kier molecular flexibility index (Phi) is 4.83. The molecule has 0 fully saturated rings. The maximum absolute atomic E-state index is 12.9. The van der Waals surface area contributed by atoms with Crippen LogP contribution in [0.3, 0.4) is 0 Å². The summed E-state index contributed by atoms with van der Waals surface area (Å²) in [5, 5.41) is 7.90. The van der Waals surface area contributed by atoms with E-state index >= 15 is 0 Å². The summed E-state index contributed by atoms with van der Waals surface area (Å²) in [5.41, 5.74) is 0. The van der Waals surface area contributed by atoms with Gasteiger partial charge in [-0.3, -0.25) is 0 Å². The van der Waals surface area contributed by atoms with Crippen LogP contribution in [0.5, 0.6) is 0 Å². The van der Waals surface area contributed by atoms with Crippen molar-refractivity contribution in [2.75, 3.05) is 0 Å². The normalized spacial score (nSPS) is 14.6. The maximum Gasteiger partial charge on any atom is 0.374 e. The molecule has 0 bridgehead atoms. The molecule has 114 valence electrons. The summed E-state index contributed by atoms with van der Waals surface area (Å²) >= 11 is 0. The summed E-state index contributed by atoms with van der Waals surface area (Å²) in [7, 11) is 0. The Hall–Kier alpha value is -1.09. The third-order valence-electron chi connectivity index (χ3n) is 1.88. The fourth-order valence-corrected chi connectivity index (χ4v) is 1.36. The van der Waals surface area contributed by atoms with Crippen molar-refractivity contribution in [3.63, 3.8) is 0 Å². The molecule has 0 rings (SSSR count). The average molecular weight is 302 g/mol. The van der Waals surface area contributed by atoms with Gasteiger partial charge in [-0.2, -0.15) is 8.78 Å². The van der Waals surface area contributed by atoms with Crippen molar-refractivity contribution >= 4 is 5.97 Å². The number of carbonyl (C=O) groups is 1. The predicted molar refractivity (Wildman–Crippen MR) is 46.9 cm³/mol. The highest BCUT2D eigenvalue weighted by atomic mass is 19.3. The Balaban J connectivity index is 4.82. The zero-order valence-corrected chi connectivity index (χ0v) is 9.50. The Labute approximate surface area is 102 Å². The quantitative estimate of drug-likeness (QED) is 0.726. The molecule has 0 aliphatic heterocycles. The summed E-state index contributed by atoms with van der Waals surface area (Å²) < 4.78 is 101. The molecule has 19 heavy (non-hydrogen) atoms. The predicted octanol–water partition coefficient (Wildman–Crippen LogP) is 3.80. The molecular weight excluding hydrogens is 292 g/mol. The van der Waals surface area contributed by atoms with Gasteiger partial charge in [0.15, 0.2) is 0 Å². The van der Waals surface area contributed by atoms with Crippen molar-refractivity contribution in [1.29, 1.82) is 0 Å². The molecule has 0 aromatic heterocycles. The number of hydrogen-bond acceptors (Lipinski definition) is 1. The number of alkyl halides is 8. The van der Waals surface area contributed by atoms with E-state index in [1.54, 1.807) is 0 Å². The van der Waals surface area contributed by atoms with Crippen molar-refractivity contribution in [3.05, 3.63) is 0 Å². The Morgan fingerprint density at radius 3 is 1.53 bits per heavy atom. The highest BCUT2D eigenvalue weighted by molar-refractivity contribution is 5.75. The van der Waals surface area contributed by atoms with Gasteiger partial charge in [-0.1, -0.05) is 0 Å². The summed E-state index contributed by atoms with van der Waals surface area (Å²) in [5.74, 6) is -21.2. The summed E-state index contributed by atoms with van der Waals surface area (Å²) in [6, 6.07) is 0. The van der Waals surface area contributed by atoms with Gasteiger partial charge in [-0.15, -0.1) is 0 Å². The van der Waals surface area contributed by atoms with Crippen LogP contribution in [0.25, 0.3) is 0 Å². The fraction of sp³-hybridized carbons (Fsp3) is 0.889. The molecule has 2 nitrogen and oxygen atoms in total. The van der Waals surface area contributed by atoms with E-state index in [1.165, 1.54) is 0 Å². The molecule has 0 unspecified atom stereocenters. The average Bonchev–Trinajstić information content (AvgIpc) is 1.91. The van der Waals surface area contributed by atoms with E-state index in [1.807, 2.05) is 0 Å². The summed E-state index contributed by atoms with van der Waals surface area (Å²) in [4.78, 5) is 9.90. The van der Waals surface area contributed by atoms with Crippen molar-refractivity contribution in [2.45, 2.75) is 49.9 Å². The number of carboxylic acid groups (broad SMARTS) is 1. The van der Waals surface area contributed by atoms with Gasteiger partial charge in [0.1, 0.15) is 0 Å². The minimum Gasteiger partial charge on any atom is -0.477 e. The van der Waals surface area contributed by atoms with E-state index in [-0.39, 0.29) is 6.92 Å². The first-order valence-electron chi connectivity index (χ1n) is 4.81. The van der Waals surface area contributed by atoms with Crippen LogP contribution >= 0.6 is 0 Å². The van der Waals surface area contributed by atoms with Gasteiger partial charge in [0.25, 0.3) is 17.8 Å². The second-order valence-corrected chi connectivity index (χ2v) is 4.32. The zero-order chi connectivity index (χ0) is 15.7. The van der Waals surface area contributed by atoms with E-state index in [0.717, 1.165) is 0 Å². The molecular formula is C9H10F8O2. The molecule has 0 amide bonds. The van der Waals surface area contributed by atoms with Gasteiger partial charge < -0.3 is 5.11 Å².